The lowest BCUT2D eigenvalue weighted by Crippen LogP contribution is -2.34. The van der Waals surface area contributed by atoms with Gasteiger partial charge in [-0.1, -0.05) is 33.6 Å². The molecule has 1 aromatic rings. The zero-order valence-electron chi connectivity index (χ0n) is 8.95. The summed E-state index contributed by atoms with van der Waals surface area (Å²) in [6, 6.07) is 3.78. The van der Waals surface area contributed by atoms with Crippen LogP contribution in [0.5, 0.6) is 0 Å². The largest absolute Gasteiger partial charge is 0.333 e. The maximum atomic E-state index is 11.8. The van der Waals surface area contributed by atoms with Gasteiger partial charge in [-0.2, -0.15) is 0 Å². The highest BCUT2D eigenvalue weighted by atomic mass is 79.9. The summed E-state index contributed by atoms with van der Waals surface area (Å²) < 4.78 is 0.743. The lowest BCUT2D eigenvalue weighted by atomic mass is 10.3. The number of hydrogen-bond donors (Lipinski definition) is 0. The molecule has 16 heavy (non-hydrogen) atoms. The van der Waals surface area contributed by atoms with Crippen LogP contribution in [0.1, 0.15) is 11.8 Å². The average molecular weight is 323 g/mol. The molecule has 0 aromatic carbocycles. The smallest absolute Gasteiger partial charge is 0.236 e. The van der Waals surface area contributed by atoms with Crippen molar-refractivity contribution in [1.29, 1.82) is 0 Å². The Bertz CT molecular complexity index is 378. The third-order valence-electron chi connectivity index (χ3n) is 1.98. The number of thiophene rings is 1. The molecule has 88 valence electrons. The van der Waals surface area contributed by atoms with E-state index in [1.54, 1.807) is 11.0 Å². The summed E-state index contributed by atoms with van der Waals surface area (Å²) in [5.74, 6) is 0.0597. The van der Waals surface area contributed by atoms with Gasteiger partial charge in [0.15, 0.2) is 0 Å². The van der Waals surface area contributed by atoms with Crippen molar-refractivity contribution in [3.63, 3.8) is 0 Å². The maximum absolute atomic E-state index is 11.8. The molecule has 1 aromatic heterocycles. The third kappa shape index (κ3) is 3.92. The number of halogens is 2. The first-order chi connectivity index (χ1) is 7.54. The Morgan fingerprint density at radius 1 is 1.75 bits per heavy atom. The molecule has 1 heterocycles. The van der Waals surface area contributed by atoms with Crippen molar-refractivity contribution in [2.75, 3.05) is 6.54 Å². The standard InChI is InChI=1S/C11H13BrClNOS/c1-3-6-14(11(15)8(2)12)7-9-4-5-10(13)16-9/h3-5,8H,1,6-7H2,2H3. The highest BCUT2D eigenvalue weighted by Crippen LogP contribution is 2.23. The van der Waals surface area contributed by atoms with E-state index in [4.69, 9.17) is 11.6 Å². The zero-order chi connectivity index (χ0) is 12.1. The second kappa shape index (κ2) is 6.42. The number of nitrogens with zero attached hydrogens (tertiary/aromatic N) is 1. The minimum absolute atomic E-state index is 0.0597. The molecule has 0 aliphatic carbocycles. The van der Waals surface area contributed by atoms with Gasteiger partial charge < -0.3 is 4.90 Å². The molecule has 1 amide bonds. The maximum Gasteiger partial charge on any atom is 0.236 e. The quantitative estimate of drug-likeness (QED) is 0.598. The van der Waals surface area contributed by atoms with Crippen molar-refractivity contribution < 1.29 is 4.79 Å². The van der Waals surface area contributed by atoms with Crippen LogP contribution in [0, 0.1) is 0 Å². The molecule has 0 N–H and O–H groups in total. The van der Waals surface area contributed by atoms with Gasteiger partial charge >= 0.3 is 0 Å². The Kier molecular flexibility index (Phi) is 5.52. The van der Waals surface area contributed by atoms with Crippen LogP contribution in [0.25, 0.3) is 0 Å². The van der Waals surface area contributed by atoms with Crippen LogP contribution >= 0.6 is 38.9 Å². The van der Waals surface area contributed by atoms with Crippen molar-refractivity contribution in [2.24, 2.45) is 0 Å². The topological polar surface area (TPSA) is 20.3 Å². The number of rotatable bonds is 5. The molecule has 0 radical (unpaired) electrons. The average Bonchev–Trinajstić information content (AvgIpc) is 2.62. The predicted octanol–water partition coefficient (Wildman–Crippen LogP) is 3.70. The molecule has 0 aliphatic heterocycles. The number of alkyl halides is 1. The highest BCUT2D eigenvalue weighted by molar-refractivity contribution is 9.10. The Morgan fingerprint density at radius 3 is 2.88 bits per heavy atom. The zero-order valence-corrected chi connectivity index (χ0v) is 12.1. The van der Waals surface area contributed by atoms with Crippen molar-refractivity contribution in [2.45, 2.75) is 18.3 Å². The van der Waals surface area contributed by atoms with Crippen molar-refractivity contribution in [3.8, 4) is 0 Å². The summed E-state index contributed by atoms with van der Waals surface area (Å²) in [5, 5.41) is 0. The molecule has 0 fully saturated rings. The van der Waals surface area contributed by atoms with Crippen molar-refractivity contribution in [3.05, 3.63) is 34.0 Å². The van der Waals surface area contributed by atoms with E-state index in [1.165, 1.54) is 11.3 Å². The molecule has 1 atom stereocenters. The molecule has 1 unspecified atom stereocenters. The van der Waals surface area contributed by atoms with E-state index in [1.807, 2.05) is 19.1 Å². The van der Waals surface area contributed by atoms with Crippen LogP contribution in [0.2, 0.25) is 4.34 Å². The number of hydrogen-bond acceptors (Lipinski definition) is 2. The molecule has 0 spiro atoms. The Morgan fingerprint density at radius 2 is 2.44 bits per heavy atom. The normalized spacial score (nSPS) is 12.2. The molecule has 0 bridgehead atoms. The van der Waals surface area contributed by atoms with Gasteiger partial charge in [0.05, 0.1) is 15.7 Å². The van der Waals surface area contributed by atoms with Crippen LogP contribution in [-0.2, 0) is 11.3 Å². The van der Waals surface area contributed by atoms with E-state index in [0.717, 1.165) is 9.21 Å². The van der Waals surface area contributed by atoms with Gasteiger partial charge in [-0.25, -0.2) is 0 Å². The summed E-state index contributed by atoms with van der Waals surface area (Å²) in [7, 11) is 0. The number of carbonyl (C=O) groups excluding carboxylic acids is 1. The highest BCUT2D eigenvalue weighted by Gasteiger charge is 2.17. The second-order valence-electron chi connectivity index (χ2n) is 3.33. The van der Waals surface area contributed by atoms with E-state index in [0.29, 0.717) is 13.1 Å². The van der Waals surface area contributed by atoms with Crippen LogP contribution in [0.15, 0.2) is 24.8 Å². The van der Waals surface area contributed by atoms with E-state index in [-0.39, 0.29) is 10.7 Å². The third-order valence-corrected chi connectivity index (χ3v) is 3.58. The fourth-order valence-corrected chi connectivity index (χ4v) is 2.66. The number of carbonyl (C=O) groups is 1. The summed E-state index contributed by atoms with van der Waals surface area (Å²) in [5.41, 5.74) is 0. The molecule has 1 rings (SSSR count). The van der Waals surface area contributed by atoms with Gasteiger partial charge in [0.25, 0.3) is 0 Å². The predicted molar refractivity (Wildman–Crippen MR) is 73.3 cm³/mol. The fourth-order valence-electron chi connectivity index (χ4n) is 1.26. The first-order valence-electron chi connectivity index (χ1n) is 4.82. The first kappa shape index (κ1) is 13.7. The molecule has 2 nitrogen and oxygen atoms in total. The van der Waals surface area contributed by atoms with Crippen LogP contribution in [0.4, 0.5) is 0 Å². The van der Waals surface area contributed by atoms with E-state index >= 15 is 0 Å². The van der Waals surface area contributed by atoms with Crippen LogP contribution in [-0.4, -0.2) is 22.2 Å². The van der Waals surface area contributed by atoms with E-state index < -0.39 is 0 Å². The molecule has 0 saturated carbocycles. The van der Waals surface area contributed by atoms with E-state index in [9.17, 15) is 4.79 Å². The molecule has 5 heteroatoms. The lowest BCUT2D eigenvalue weighted by Gasteiger charge is -2.21. The van der Waals surface area contributed by atoms with Gasteiger partial charge in [0, 0.05) is 11.4 Å². The minimum Gasteiger partial charge on any atom is -0.333 e. The van der Waals surface area contributed by atoms with Crippen LogP contribution < -0.4 is 0 Å². The Labute approximate surface area is 113 Å². The summed E-state index contributed by atoms with van der Waals surface area (Å²) in [6.45, 7) is 6.60. The summed E-state index contributed by atoms with van der Waals surface area (Å²) in [4.78, 5) is 14.5. The SMILES string of the molecule is C=CCN(Cc1ccc(Cl)s1)C(=O)C(C)Br. The van der Waals surface area contributed by atoms with Crippen molar-refractivity contribution in [1.82, 2.24) is 4.90 Å². The molecular weight excluding hydrogens is 310 g/mol. The lowest BCUT2D eigenvalue weighted by molar-refractivity contribution is -0.130. The van der Waals surface area contributed by atoms with Gasteiger partial charge in [0.2, 0.25) is 5.91 Å². The molecular formula is C11H13BrClNOS. The van der Waals surface area contributed by atoms with Gasteiger partial charge in [0.1, 0.15) is 0 Å². The van der Waals surface area contributed by atoms with Gasteiger partial charge in [-0.3, -0.25) is 4.79 Å². The monoisotopic (exact) mass is 321 g/mol. The van der Waals surface area contributed by atoms with Crippen LogP contribution in [0.3, 0.4) is 0 Å². The second-order valence-corrected chi connectivity index (χ2v) is 6.50. The Hall–Kier alpha value is -0.320. The fraction of sp³-hybridized carbons (Fsp3) is 0.364. The summed E-state index contributed by atoms with van der Waals surface area (Å²) >= 11 is 10.6. The Balaban J connectivity index is 2.71. The van der Waals surface area contributed by atoms with E-state index in [2.05, 4.69) is 22.5 Å². The van der Waals surface area contributed by atoms with Crippen molar-refractivity contribution >= 4 is 44.8 Å². The summed E-state index contributed by atoms with van der Waals surface area (Å²) in [6.07, 6.45) is 1.72. The number of amides is 1. The minimum atomic E-state index is -0.178. The van der Waals surface area contributed by atoms with Gasteiger partial charge in [-0.05, 0) is 19.1 Å². The van der Waals surface area contributed by atoms with Gasteiger partial charge in [-0.15, -0.1) is 17.9 Å². The first-order valence-corrected chi connectivity index (χ1v) is 6.93. The molecule has 0 saturated heterocycles. The molecule has 0 aliphatic rings.